The minimum atomic E-state index is 0.0530. The highest BCUT2D eigenvalue weighted by Crippen LogP contribution is 2.28. The lowest BCUT2D eigenvalue weighted by molar-refractivity contribution is -0.119. The van der Waals surface area contributed by atoms with E-state index in [1.54, 1.807) is 0 Å². The van der Waals surface area contributed by atoms with E-state index in [1.807, 2.05) is 31.3 Å². The van der Waals surface area contributed by atoms with Crippen molar-refractivity contribution in [2.75, 3.05) is 12.4 Å². The van der Waals surface area contributed by atoms with Crippen molar-refractivity contribution in [2.24, 2.45) is 0 Å². The highest BCUT2D eigenvalue weighted by atomic mass is 32.2. The summed E-state index contributed by atoms with van der Waals surface area (Å²) in [7, 11) is 0. The van der Waals surface area contributed by atoms with E-state index < -0.39 is 0 Å². The minimum Gasteiger partial charge on any atom is -0.376 e. The molecule has 2 heterocycles. The van der Waals surface area contributed by atoms with Crippen molar-refractivity contribution in [3.05, 3.63) is 36.5 Å². The molecule has 0 bridgehead atoms. The van der Waals surface area contributed by atoms with Gasteiger partial charge in [-0.05, 0) is 31.7 Å². The third kappa shape index (κ3) is 4.89. The number of hydrogen-bond donors (Lipinski definition) is 1. The van der Waals surface area contributed by atoms with Crippen LogP contribution in [-0.4, -0.2) is 40.0 Å². The predicted octanol–water partition coefficient (Wildman–Crippen LogP) is 3.74. The molecule has 0 aliphatic carbocycles. The van der Waals surface area contributed by atoms with Crippen LogP contribution in [0.5, 0.6) is 0 Å². The zero-order valence-electron chi connectivity index (χ0n) is 15.5. The number of amides is 1. The molecule has 1 aliphatic rings. The van der Waals surface area contributed by atoms with Crippen molar-refractivity contribution in [1.82, 2.24) is 14.9 Å². The van der Waals surface area contributed by atoms with Gasteiger partial charge in [-0.1, -0.05) is 49.0 Å². The zero-order chi connectivity index (χ0) is 18.4. The van der Waals surface area contributed by atoms with Crippen LogP contribution < -0.4 is 5.32 Å². The number of benzene rings is 1. The van der Waals surface area contributed by atoms with Crippen molar-refractivity contribution < 1.29 is 9.53 Å². The summed E-state index contributed by atoms with van der Waals surface area (Å²) in [6, 6.07) is 10.5. The Morgan fingerprint density at radius 2 is 2.23 bits per heavy atom. The van der Waals surface area contributed by atoms with Crippen LogP contribution in [0, 0.1) is 0 Å². The van der Waals surface area contributed by atoms with Crippen molar-refractivity contribution in [3.8, 4) is 11.3 Å². The van der Waals surface area contributed by atoms with E-state index in [9.17, 15) is 4.79 Å². The van der Waals surface area contributed by atoms with Gasteiger partial charge in [0.1, 0.15) is 0 Å². The Morgan fingerprint density at radius 1 is 1.42 bits per heavy atom. The largest absolute Gasteiger partial charge is 0.376 e. The van der Waals surface area contributed by atoms with Gasteiger partial charge in [0, 0.05) is 12.6 Å². The van der Waals surface area contributed by atoms with Crippen LogP contribution in [0.2, 0.25) is 0 Å². The van der Waals surface area contributed by atoms with Gasteiger partial charge in [-0.2, -0.15) is 0 Å². The van der Waals surface area contributed by atoms with Crippen LogP contribution in [0.25, 0.3) is 11.3 Å². The molecule has 140 valence electrons. The molecule has 0 saturated carbocycles. The van der Waals surface area contributed by atoms with Crippen molar-refractivity contribution >= 4 is 17.7 Å². The molecule has 1 amide bonds. The molecular formula is C20H27N3O2S. The first-order chi connectivity index (χ1) is 12.7. The molecule has 1 aliphatic heterocycles. The molecule has 6 heteroatoms. The average molecular weight is 374 g/mol. The number of aromatic nitrogens is 2. The summed E-state index contributed by atoms with van der Waals surface area (Å²) in [4.78, 5) is 16.7. The maximum absolute atomic E-state index is 12.1. The van der Waals surface area contributed by atoms with E-state index in [0.717, 1.165) is 48.8 Å². The summed E-state index contributed by atoms with van der Waals surface area (Å²) in [6.45, 7) is 5.70. The summed E-state index contributed by atoms with van der Waals surface area (Å²) < 4.78 is 8.03. The van der Waals surface area contributed by atoms with E-state index >= 15 is 0 Å². The third-order valence-corrected chi connectivity index (χ3v) is 5.64. The van der Waals surface area contributed by atoms with E-state index in [-0.39, 0.29) is 18.1 Å². The third-order valence-electron chi connectivity index (χ3n) is 4.65. The van der Waals surface area contributed by atoms with Gasteiger partial charge in [-0.25, -0.2) is 4.98 Å². The molecule has 5 nitrogen and oxygen atoms in total. The molecule has 3 rings (SSSR count). The van der Waals surface area contributed by atoms with E-state index in [2.05, 4.69) is 33.9 Å². The molecule has 1 fully saturated rings. The fourth-order valence-electron chi connectivity index (χ4n) is 3.03. The molecule has 26 heavy (non-hydrogen) atoms. The maximum Gasteiger partial charge on any atom is 0.230 e. The lowest BCUT2D eigenvalue weighted by Gasteiger charge is -2.16. The van der Waals surface area contributed by atoms with Gasteiger partial charge in [-0.3, -0.25) is 4.79 Å². The number of nitrogens with one attached hydrogen (secondary N) is 1. The Morgan fingerprint density at radius 3 is 2.92 bits per heavy atom. The zero-order valence-corrected chi connectivity index (χ0v) is 16.3. The number of hydrogen-bond acceptors (Lipinski definition) is 4. The van der Waals surface area contributed by atoms with Crippen LogP contribution >= 0.6 is 11.8 Å². The maximum atomic E-state index is 12.1. The monoisotopic (exact) mass is 373 g/mol. The molecule has 1 aromatic heterocycles. The van der Waals surface area contributed by atoms with Gasteiger partial charge in [0.15, 0.2) is 5.16 Å². The first kappa shape index (κ1) is 19.0. The Hall–Kier alpha value is -1.79. The summed E-state index contributed by atoms with van der Waals surface area (Å²) in [5.74, 6) is 0.429. The topological polar surface area (TPSA) is 56.2 Å². The highest BCUT2D eigenvalue weighted by molar-refractivity contribution is 7.99. The highest BCUT2D eigenvalue weighted by Gasteiger charge is 2.21. The Balaban J connectivity index is 1.76. The normalized spacial score (nSPS) is 18.0. The van der Waals surface area contributed by atoms with Gasteiger partial charge in [0.2, 0.25) is 5.91 Å². The number of carbonyl (C=O) groups is 1. The smallest absolute Gasteiger partial charge is 0.230 e. The number of thioether (sulfide) groups is 1. The van der Waals surface area contributed by atoms with Crippen LogP contribution in [0.4, 0.5) is 0 Å². The second kappa shape index (κ2) is 9.24. The molecule has 2 aromatic rings. The first-order valence-corrected chi connectivity index (χ1v) is 10.3. The fraction of sp³-hybridized carbons (Fsp3) is 0.500. The summed E-state index contributed by atoms with van der Waals surface area (Å²) >= 11 is 1.49. The van der Waals surface area contributed by atoms with Crippen molar-refractivity contribution in [2.45, 2.75) is 57.0 Å². The Bertz CT molecular complexity index is 711. The van der Waals surface area contributed by atoms with E-state index in [1.165, 1.54) is 11.8 Å². The number of ether oxygens (including phenoxy) is 1. The lowest BCUT2D eigenvalue weighted by atomic mass is 10.1. The number of nitrogens with zero attached hydrogens (tertiary/aromatic N) is 2. The van der Waals surface area contributed by atoms with Crippen LogP contribution in [0.1, 0.15) is 33.1 Å². The van der Waals surface area contributed by atoms with Gasteiger partial charge in [0.05, 0.1) is 30.3 Å². The van der Waals surface area contributed by atoms with Crippen molar-refractivity contribution in [3.63, 3.8) is 0 Å². The minimum absolute atomic E-state index is 0.0530. The number of rotatable bonds is 8. The number of carbonyl (C=O) groups excluding carboxylic acids is 1. The van der Waals surface area contributed by atoms with Crippen molar-refractivity contribution in [1.29, 1.82) is 0 Å². The Kier molecular flexibility index (Phi) is 6.74. The Labute approximate surface area is 159 Å². The fourth-order valence-corrected chi connectivity index (χ4v) is 3.83. The van der Waals surface area contributed by atoms with Crippen LogP contribution in [0.3, 0.4) is 0 Å². The lowest BCUT2D eigenvalue weighted by Crippen LogP contribution is -2.33. The average Bonchev–Trinajstić information content (AvgIpc) is 3.31. The van der Waals surface area contributed by atoms with Gasteiger partial charge in [0.25, 0.3) is 0 Å². The van der Waals surface area contributed by atoms with Gasteiger partial charge in [-0.15, -0.1) is 0 Å². The summed E-state index contributed by atoms with van der Waals surface area (Å²) in [5.41, 5.74) is 2.21. The molecule has 1 saturated heterocycles. The second-order valence-electron chi connectivity index (χ2n) is 6.70. The second-order valence-corrected chi connectivity index (χ2v) is 7.65. The number of imidazole rings is 1. The van der Waals surface area contributed by atoms with Crippen LogP contribution in [-0.2, 0) is 16.1 Å². The molecule has 1 N–H and O–H groups in total. The van der Waals surface area contributed by atoms with E-state index in [4.69, 9.17) is 4.74 Å². The van der Waals surface area contributed by atoms with E-state index in [0.29, 0.717) is 5.75 Å². The molecule has 0 spiro atoms. The van der Waals surface area contributed by atoms with Gasteiger partial charge < -0.3 is 14.6 Å². The quantitative estimate of drug-likeness (QED) is 0.716. The van der Waals surface area contributed by atoms with Crippen LogP contribution in [0.15, 0.2) is 41.7 Å². The molecular weight excluding hydrogens is 346 g/mol. The standard InChI is InChI=1S/C20H27N3O2S/c1-3-15(2)22-19(24)14-26-20-21-12-18(16-8-5-4-6-9-16)23(20)13-17-10-7-11-25-17/h4-6,8-9,12,15,17H,3,7,10-11,13-14H2,1-2H3,(H,22,24)/t15-,17+/m0/s1. The molecule has 1 aromatic carbocycles. The molecule has 0 radical (unpaired) electrons. The SMILES string of the molecule is CC[C@H](C)NC(=O)CSc1ncc(-c2ccccc2)n1C[C@H]1CCCO1. The van der Waals surface area contributed by atoms with Gasteiger partial charge >= 0.3 is 0 Å². The molecule has 0 unspecified atom stereocenters. The summed E-state index contributed by atoms with van der Waals surface area (Å²) in [5, 5.41) is 3.88. The molecule has 2 atom stereocenters. The summed E-state index contributed by atoms with van der Waals surface area (Å²) in [6.07, 6.45) is 5.24. The first-order valence-electron chi connectivity index (χ1n) is 9.32. The predicted molar refractivity (Wildman–Crippen MR) is 105 cm³/mol.